The number of hydrazone groups is 1. The number of nitriles is 1. The molecule has 1 rings (SSSR count). The smallest absolute Gasteiger partial charge is 0.349 e. The second-order valence-corrected chi connectivity index (χ2v) is 4.95. The highest BCUT2D eigenvalue weighted by Gasteiger charge is 2.31. The molecule has 0 radical (unpaired) electrons. The van der Waals surface area contributed by atoms with Crippen LogP contribution in [0.5, 0.6) is 5.75 Å². The molecule has 8 heteroatoms. The maximum Gasteiger partial charge on any atom is 0.349 e. The summed E-state index contributed by atoms with van der Waals surface area (Å²) in [5.74, 6) is -0.396. The number of hydrogen-bond donors (Lipinski definition) is 3. The van der Waals surface area contributed by atoms with Gasteiger partial charge in [0.05, 0.1) is 12.3 Å². The molecule has 0 saturated heterocycles. The molecule has 4 N–H and O–H groups in total. The molecule has 0 bridgehead atoms. The number of nitrogens with two attached hydrogens (primary N) is 1. The predicted octanol–water partition coefficient (Wildman–Crippen LogP) is 1.63. The summed E-state index contributed by atoms with van der Waals surface area (Å²) < 4.78 is 10.6. The van der Waals surface area contributed by atoms with E-state index in [-0.39, 0.29) is 12.3 Å². The summed E-state index contributed by atoms with van der Waals surface area (Å²) >= 11 is 0. The van der Waals surface area contributed by atoms with E-state index in [0.29, 0.717) is 11.4 Å². The molecule has 0 saturated carbocycles. The van der Waals surface area contributed by atoms with Crippen LogP contribution in [0.15, 0.2) is 29.4 Å². The summed E-state index contributed by atoms with van der Waals surface area (Å²) in [7, 11) is 0. The SMILES string of the molecule is CCOC(=O)C(C)(C)Oc1ccc(N/N=C(\C#N)C(=N)N)cc1. The third-order valence-corrected chi connectivity index (χ3v) is 2.65. The Balaban J connectivity index is 2.76. The Morgan fingerprint density at radius 3 is 2.52 bits per heavy atom. The normalized spacial score (nSPS) is 11.3. The molecule has 1 aromatic rings. The number of nitrogens with one attached hydrogen (secondary N) is 2. The number of amidine groups is 1. The molecule has 0 heterocycles. The molecule has 0 amide bonds. The average Bonchev–Trinajstić information content (AvgIpc) is 2.49. The van der Waals surface area contributed by atoms with E-state index in [9.17, 15) is 4.79 Å². The van der Waals surface area contributed by atoms with Crippen LogP contribution in [-0.4, -0.2) is 29.7 Å². The van der Waals surface area contributed by atoms with Crippen LogP contribution in [-0.2, 0) is 9.53 Å². The van der Waals surface area contributed by atoms with Gasteiger partial charge in [0.25, 0.3) is 0 Å². The minimum absolute atomic E-state index is 0.214. The molecule has 0 aromatic heterocycles. The van der Waals surface area contributed by atoms with Gasteiger partial charge < -0.3 is 15.2 Å². The van der Waals surface area contributed by atoms with Crippen LogP contribution >= 0.6 is 0 Å². The molecule has 0 spiro atoms. The third-order valence-electron chi connectivity index (χ3n) is 2.65. The molecule has 122 valence electrons. The Labute approximate surface area is 134 Å². The number of ether oxygens (including phenoxy) is 2. The van der Waals surface area contributed by atoms with Crippen molar-refractivity contribution in [2.75, 3.05) is 12.0 Å². The minimum atomic E-state index is -1.11. The van der Waals surface area contributed by atoms with Crippen molar-refractivity contribution in [3.8, 4) is 11.8 Å². The van der Waals surface area contributed by atoms with Gasteiger partial charge in [0.1, 0.15) is 11.8 Å². The average molecular weight is 317 g/mol. The molecule has 0 unspecified atom stereocenters. The number of rotatable bonds is 7. The van der Waals surface area contributed by atoms with Crippen molar-refractivity contribution in [3.63, 3.8) is 0 Å². The zero-order valence-electron chi connectivity index (χ0n) is 13.2. The first-order valence-electron chi connectivity index (χ1n) is 6.84. The van der Waals surface area contributed by atoms with E-state index in [1.807, 2.05) is 0 Å². The van der Waals surface area contributed by atoms with Crippen molar-refractivity contribution >= 4 is 23.2 Å². The molecule has 0 aliphatic rings. The quantitative estimate of drug-likeness (QED) is 0.303. The zero-order chi connectivity index (χ0) is 17.5. The van der Waals surface area contributed by atoms with Gasteiger partial charge >= 0.3 is 5.97 Å². The third kappa shape index (κ3) is 5.32. The fourth-order valence-corrected chi connectivity index (χ4v) is 1.50. The van der Waals surface area contributed by atoms with Crippen molar-refractivity contribution in [1.82, 2.24) is 0 Å². The van der Waals surface area contributed by atoms with Crippen molar-refractivity contribution < 1.29 is 14.3 Å². The van der Waals surface area contributed by atoms with Gasteiger partial charge in [-0.05, 0) is 45.0 Å². The Morgan fingerprint density at radius 2 is 2.04 bits per heavy atom. The largest absolute Gasteiger partial charge is 0.476 e. The number of benzene rings is 1. The lowest BCUT2D eigenvalue weighted by Crippen LogP contribution is -2.39. The van der Waals surface area contributed by atoms with Gasteiger partial charge in [0.15, 0.2) is 11.4 Å². The van der Waals surface area contributed by atoms with Crippen LogP contribution in [0.1, 0.15) is 20.8 Å². The summed E-state index contributed by atoms with van der Waals surface area (Å²) in [4.78, 5) is 11.8. The number of esters is 1. The first-order valence-corrected chi connectivity index (χ1v) is 6.84. The monoisotopic (exact) mass is 317 g/mol. The van der Waals surface area contributed by atoms with Crippen LogP contribution in [0.25, 0.3) is 0 Å². The summed E-state index contributed by atoms with van der Waals surface area (Å²) in [5, 5.41) is 19.6. The maximum absolute atomic E-state index is 11.8. The van der Waals surface area contributed by atoms with Crippen molar-refractivity contribution in [2.45, 2.75) is 26.4 Å². The summed E-state index contributed by atoms with van der Waals surface area (Å²) in [6, 6.07) is 8.27. The molecule has 1 aromatic carbocycles. The summed E-state index contributed by atoms with van der Waals surface area (Å²) in [6.07, 6.45) is 0. The summed E-state index contributed by atoms with van der Waals surface area (Å²) in [6.45, 7) is 5.25. The predicted molar refractivity (Wildman–Crippen MR) is 86.4 cm³/mol. The highest BCUT2D eigenvalue weighted by molar-refractivity contribution is 6.45. The Kier molecular flexibility index (Phi) is 6.09. The molecule has 0 aliphatic carbocycles. The van der Waals surface area contributed by atoms with Crippen LogP contribution in [0.4, 0.5) is 5.69 Å². The molecule has 8 nitrogen and oxygen atoms in total. The van der Waals surface area contributed by atoms with Gasteiger partial charge in [-0.15, -0.1) is 0 Å². The Bertz CT molecular complexity index is 644. The Hall–Kier alpha value is -3.08. The lowest BCUT2D eigenvalue weighted by atomic mass is 10.1. The molecule has 0 fully saturated rings. The molecular weight excluding hydrogens is 298 g/mol. The van der Waals surface area contributed by atoms with E-state index in [1.165, 1.54) is 0 Å². The second-order valence-electron chi connectivity index (χ2n) is 4.95. The van der Waals surface area contributed by atoms with Crippen LogP contribution < -0.4 is 15.9 Å². The van der Waals surface area contributed by atoms with Crippen molar-refractivity contribution in [1.29, 1.82) is 10.7 Å². The van der Waals surface area contributed by atoms with Crippen LogP contribution in [0, 0.1) is 16.7 Å². The lowest BCUT2D eigenvalue weighted by molar-refractivity contribution is -0.158. The fourth-order valence-electron chi connectivity index (χ4n) is 1.50. The topological polar surface area (TPSA) is 134 Å². The second kappa shape index (κ2) is 7.79. The van der Waals surface area contributed by atoms with Gasteiger partial charge in [-0.1, -0.05) is 0 Å². The number of carbonyl (C=O) groups is 1. The number of nitrogens with zero attached hydrogens (tertiary/aromatic N) is 2. The van der Waals surface area contributed by atoms with Crippen molar-refractivity contribution in [2.24, 2.45) is 10.8 Å². The van der Waals surface area contributed by atoms with E-state index in [1.54, 1.807) is 51.1 Å². The first kappa shape index (κ1) is 18.0. The van der Waals surface area contributed by atoms with Crippen molar-refractivity contribution in [3.05, 3.63) is 24.3 Å². The molecule has 0 aliphatic heterocycles. The zero-order valence-corrected chi connectivity index (χ0v) is 13.2. The highest BCUT2D eigenvalue weighted by atomic mass is 16.6. The maximum atomic E-state index is 11.8. The number of hydrogen-bond acceptors (Lipinski definition) is 7. The molecule has 0 atom stereocenters. The van der Waals surface area contributed by atoms with Gasteiger partial charge in [0.2, 0.25) is 5.71 Å². The van der Waals surface area contributed by atoms with Crippen LogP contribution in [0.2, 0.25) is 0 Å². The van der Waals surface area contributed by atoms with Crippen LogP contribution in [0.3, 0.4) is 0 Å². The molecule has 23 heavy (non-hydrogen) atoms. The van der Waals surface area contributed by atoms with E-state index in [0.717, 1.165) is 0 Å². The van der Waals surface area contributed by atoms with E-state index in [2.05, 4.69) is 10.5 Å². The number of anilines is 1. The Morgan fingerprint density at radius 1 is 1.43 bits per heavy atom. The van der Waals surface area contributed by atoms with Gasteiger partial charge in [-0.25, -0.2) is 4.79 Å². The number of carbonyl (C=O) groups excluding carboxylic acids is 1. The first-order chi connectivity index (χ1) is 10.8. The lowest BCUT2D eigenvalue weighted by Gasteiger charge is -2.24. The molecular formula is C15H19N5O3. The van der Waals surface area contributed by atoms with Gasteiger partial charge in [0, 0.05) is 0 Å². The standard InChI is InChI=1S/C15H19N5O3/c1-4-22-14(21)15(2,3)23-11-7-5-10(6-8-11)19-20-12(9-16)13(17)18/h5-8,19H,4H2,1-3H3,(H3,17,18)/b20-12+. The van der Waals surface area contributed by atoms with Gasteiger partial charge in [-0.2, -0.15) is 10.4 Å². The minimum Gasteiger partial charge on any atom is -0.476 e. The summed E-state index contributed by atoms with van der Waals surface area (Å²) in [5.41, 5.74) is 7.04. The van der Waals surface area contributed by atoms with Gasteiger partial charge in [-0.3, -0.25) is 10.8 Å². The fraction of sp³-hybridized carbons (Fsp3) is 0.333. The van der Waals surface area contributed by atoms with E-state index < -0.39 is 17.4 Å². The highest BCUT2D eigenvalue weighted by Crippen LogP contribution is 2.21. The van der Waals surface area contributed by atoms with E-state index in [4.69, 9.17) is 25.9 Å². The van der Waals surface area contributed by atoms with E-state index >= 15 is 0 Å².